The molecule has 0 aliphatic carbocycles. The van der Waals surface area contributed by atoms with Crippen molar-refractivity contribution in [3.05, 3.63) is 29.8 Å². The molecule has 1 aromatic rings. The predicted octanol–water partition coefficient (Wildman–Crippen LogP) is 4.00. The summed E-state index contributed by atoms with van der Waals surface area (Å²) in [6.45, 7) is 9.40. The number of hydrogen-bond donors (Lipinski definition) is 0. The fourth-order valence-electron chi connectivity index (χ4n) is 3.43. The van der Waals surface area contributed by atoms with Crippen LogP contribution >= 0.6 is 0 Å². The largest absolute Gasteiger partial charge is 0.298 e. The third kappa shape index (κ3) is 2.46. The molecule has 2 heteroatoms. The van der Waals surface area contributed by atoms with E-state index in [1.54, 1.807) is 0 Å². The van der Waals surface area contributed by atoms with Crippen molar-refractivity contribution >= 4 is 11.9 Å². The van der Waals surface area contributed by atoms with E-state index in [-0.39, 0.29) is 0 Å². The Bertz CT molecular complexity index is 476. The number of fused-ring (bicyclic) bond motifs is 1. The first-order chi connectivity index (χ1) is 9.05. The van der Waals surface area contributed by atoms with Crippen molar-refractivity contribution < 1.29 is 0 Å². The highest BCUT2D eigenvalue weighted by atomic mass is 15.2. The fraction of sp³-hybridized carbons (Fsp3) is 0.588. The molecule has 0 aromatic heterocycles. The minimum Gasteiger partial charge on any atom is -0.298 e. The molecule has 0 N–H and O–H groups in total. The summed E-state index contributed by atoms with van der Waals surface area (Å²) in [5, 5.41) is 0. The first-order valence-corrected chi connectivity index (χ1v) is 7.44. The van der Waals surface area contributed by atoms with Crippen LogP contribution in [0, 0.1) is 5.92 Å². The topological polar surface area (TPSA) is 15.6 Å². The Morgan fingerprint density at radius 2 is 1.79 bits per heavy atom. The molecule has 2 aliphatic heterocycles. The zero-order valence-electron chi connectivity index (χ0n) is 12.3. The maximum absolute atomic E-state index is 4.59. The third-order valence-corrected chi connectivity index (χ3v) is 4.67. The van der Waals surface area contributed by atoms with E-state index in [0.29, 0.717) is 11.5 Å². The Morgan fingerprint density at radius 1 is 1.11 bits per heavy atom. The lowest BCUT2D eigenvalue weighted by molar-refractivity contribution is 0.0859. The maximum atomic E-state index is 4.59. The van der Waals surface area contributed by atoms with Gasteiger partial charge in [0.15, 0.2) is 0 Å². The van der Waals surface area contributed by atoms with Crippen molar-refractivity contribution in [3.8, 4) is 0 Å². The maximum Gasteiger partial charge on any atom is 0.0664 e. The van der Waals surface area contributed by atoms with Crippen LogP contribution in [0.3, 0.4) is 0 Å². The van der Waals surface area contributed by atoms with Gasteiger partial charge in [-0.25, -0.2) is 0 Å². The second kappa shape index (κ2) is 4.75. The van der Waals surface area contributed by atoms with Gasteiger partial charge in [0.25, 0.3) is 0 Å². The number of likely N-dealkylation sites (tertiary alicyclic amines) is 1. The summed E-state index contributed by atoms with van der Waals surface area (Å²) in [6, 6.07) is 8.62. The lowest BCUT2D eigenvalue weighted by atomic mass is 9.80. The van der Waals surface area contributed by atoms with E-state index in [2.05, 4.69) is 61.1 Å². The van der Waals surface area contributed by atoms with E-state index in [1.807, 2.05) is 0 Å². The lowest BCUT2D eigenvalue weighted by Gasteiger charge is -2.42. The number of rotatable bonds is 1. The molecule has 0 radical (unpaired) electrons. The molecule has 2 nitrogen and oxygen atoms in total. The Balaban J connectivity index is 1.69. The van der Waals surface area contributed by atoms with Crippen LogP contribution in [-0.2, 0) is 0 Å². The lowest BCUT2D eigenvalue weighted by Crippen LogP contribution is -2.46. The number of piperidine rings is 1. The summed E-state index contributed by atoms with van der Waals surface area (Å²) in [5.41, 5.74) is 2.94. The van der Waals surface area contributed by atoms with Crippen LogP contribution in [0.25, 0.3) is 0 Å². The highest BCUT2D eigenvalue weighted by Gasteiger charge is 2.33. The Kier molecular flexibility index (Phi) is 3.22. The zero-order chi connectivity index (χ0) is 13.5. The summed E-state index contributed by atoms with van der Waals surface area (Å²) >= 11 is 0. The van der Waals surface area contributed by atoms with Crippen LogP contribution < -0.4 is 0 Å². The van der Waals surface area contributed by atoms with Crippen LogP contribution in [0.5, 0.6) is 0 Å². The highest BCUT2D eigenvalue weighted by molar-refractivity contribution is 5.80. The summed E-state index contributed by atoms with van der Waals surface area (Å²) < 4.78 is 0. The Labute approximate surface area is 116 Å². The van der Waals surface area contributed by atoms with Gasteiger partial charge in [-0.05, 0) is 64.3 Å². The highest BCUT2D eigenvalue weighted by Crippen LogP contribution is 2.40. The van der Waals surface area contributed by atoms with Crippen molar-refractivity contribution in [2.75, 3.05) is 13.1 Å². The molecule has 0 bridgehead atoms. The summed E-state index contributed by atoms with van der Waals surface area (Å²) in [4.78, 5) is 7.20. The number of nitrogens with zero attached hydrogens (tertiary/aromatic N) is 2. The Hall–Kier alpha value is -1.15. The van der Waals surface area contributed by atoms with Crippen LogP contribution in [0.1, 0.15) is 45.1 Å². The van der Waals surface area contributed by atoms with Gasteiger partial charge < -0.3 is 0 Å². The number of para-hydroxylation sites is 1. The van der Waals surface area contributed by atoms with E-state index in [4.69, 9.17) is 0 Å². The molecule has 1 saturated heterocycles. The SMILES string of the molecule is CC(C)(C)N1CCC(C2C=Nc3ccccc32)CC1. The fourth-order valence-corrected chi connectivity index (χ4v) is 3.43. The molecule has 19 heavy (non-hydrogen) atoms. The molecule has 1 atom stereocenters. The molecule has 102 valence electrons. The van der Waals surface area contributed by atoms with Gasteiger partial charge in [-0.15, -0.1) is 0 Å². The predicted molar refractivity (Wildman–Crippen MR) is 81.4 cm³/mol. The molecular formula is C17H24N2. The van der Waals surface area contributed by atoms with Crippen molar-refractivity contribution in [1.82, 2.24) is 4.90 Å². The van der Waals surface area contributed by atoms with E-state index < -0.39 is 0 Å². The third-order valence-electron chi connectivity index (χ3n) is 4.67. The average Bonchev–Trinajstić information content (AvgIpc) is 2.82. The molecule has 1 unspecified atom stereocenters. The van der Waals surface area contributed by atoms with E-state index in [9.17, 15) is 0 Å². The minimum absolute atomic E-state index is 0.312. The van der Waals surface area contributed by atoms with Gasteiger partial charge in [0.2, 0.25) is 0 Å². The molecule has 3 rings (SSSR count). The molecule has 1 aromatic carbocycles. The van der Waals surface area contributed by atoms with Gasteiger partial charge in [-0.3, -0.25) is 9.89 Å². The second-order valence-electron chi connectivity index (χ2n) is 6.86. The van der Waals surface area contributed by atoms with Gasteiger partial charge in [0.1, 0.15) is 0 Å². The first kappa shape index (κ1) is 12.9. The molecule has 0 amide bonds. The summed E-state index contributed by atoms with van der Waals surface area (Å²) in [5.74, 6) is 1.32. The second-order valence-corrected chi connectivity index (χ2v) is 6.86. The van der Waals surface area contributed by atoms with Crippen molar-refractivity contribution in [1.29, 1.82) is 0 Å². The number of aliphatic imine (C=N–C) groups is 1. The van der Waals surface area contributed by atoms with Gasteiger partial charge in [-0.1, -0.05) is 18.2 Å². The van der Waals surface area contributed by atoms with Crippen LogP contribution in [-0.4, -0.2) is 29.7 Å². The van der Waals surface area contributed by atoms with Gasteiger partial charge >= 0.3 is 0 Å². The first-order valence-electron chi connectivity index (χ1n) is 7.44. The molecule has 2 heterocycles. The zero-order valence-corrected chi connectivity index (χ0v) is 12.3. The smallest absolute Gasteiger partial charge is 0.0664 e. The number of hydrogen-bond acceptors (Lipinski definition) is 2. The minimum atomic E-state index is 0.312. The van der Waals surface area contributed by atoms with Crippen LogP contribution in [0.2, 0.25) is 0 Å². The van der Waals surface area contributed by atoms with E-state index in [0.717, 1.165) is 5.92 Å². The Morgan fingerprint density at radius 3 is 2.47 bits per heavy atom. The summed E-state index contributed by atoms with van der Waals surface area (Å²) in [6.07, 6.45) is 4.77. The van der Waals surface area contributed by atoms with E-state index >= 15 is 0 Å². The molecule has 1 fully saturated rings. The molecule has 0 saturated carbocycles. The van der Waals surface area contributed by atoms with Crippen molar-refractivity contribution in [2.45, 2.75) is 45.1 Å². The summed E-state index contributed by atoms with van der Waals surface area (Å²) in [7, 11) is 0. The van der Waals surface area contributed by atoms with Gasteiger partial charge in [-0.2, -0.15) is 0 Å². The van der Waals surface area contributed by atoms with Crippen molar-refractivity contribution in [2.24, 2.45) is 10.9 Å². The quantitative estimate of drug-likeness (QED) is 0.741. The molecular weight excluding hydrogens is 232 g/mol. The molecule has 2 aliphatic rings. The average molecular weight is 256 g/mol. The standard InChI is InChI=1S/C17H24N2/c1-17(2,3)19-10-8-13(9-11-19)15-12-18-16-7-5-4-6-14(15)16/h4-7,12-13,15H,8-11H2,1-3H3. The van der Waals surface area contributed by atoms with Gasteiger partial charge in [0, 0.05) is 17.7 Å². The molecule has 0 spiro atoms. The van der Waals surface area contributed by atoms with Gasteiger partial charge in [0.05, 0.1) is 5.69 Å². The van der Waals surface area contributed by atoms with E-state index in [1.165, 1.54) is 37.2 Å². The van der Waals surface area contributed by atoms with Crippen LogP contribution in [0.15, 0.2) is 29.3 Å². The normalized spacial score (nSPS) is 24.7. The van der Waals surface area contributed by atoms with Crippen LogP contribution in [0.4, 0.5) is 5.69 Å². The van der Waals surface area contributed by atoms with Crippen molar-refractivity contribution in [3.63, 3.8) is 0 Å². The monoisotopic (exact) mass is 256 g/mol. The number of benzene rings is 1.